The largest absolute Gasteiger partial charge is 0.390 e. The van der Waals surface area contributed by atoms with E-state index in [-0.39, 0.29) is 0 Å². The van der Waals surface area contributed by atoms with Crippen molar-refractivity contribution in [2.24, 2.45) is 0 Å². The Labute approximate surface area is 140 Å². The van der Waals surface area contributed by atoms with Crippen LogP contribution >= 0.6 is 0 Å². The highest BCUT2D eigenvalue weighted by Gasteiger charge is 2.27. The second kappa shape index (κ2) is 5.04. The second-order valence-electron chi connectivity index (χ2n) is 6.77. The van der Waals surface area contributed by atoms with Gasteiger partial charge in [0.15, 0.2) is 0 Å². The van der Waals surface area contributed by atoms with Crippen LogP contribution in [0.15, 0.2) is 60.7 Å². The van der Waals surface area contributed by atoms with Gasteiger partial charge in [0.25, 0.3) is 0 Å². The molecule has 4 aromatic rings. The van der Waals surface area contributed by atoms with Crippen LogP contribution in [0.3, 0.4) is 0 Å². The highest BCUT2D eigenvalue weighted by Crippen LogP contribution is 2.37. The van der Waals surface area contributed by atoms with Gasteiger partial charge in [0.05, 0.1) is 6.10 Å². The lowest BCUT2D eigenvalue weighted by molar-refractivity contribution is 0.00676. The van der Waals surface area contributed by atoms with Crippen molar-refractivity contribution >= 4 is 32.3 Å². The van der Waals surface area contributed by atoms with Crippen LogP contribution in [0.2, 0.25) is 0 Å². The van der Waals surface area contributed by atoms with E-state index in [0.717, 1.165) is 12.0 Å². The summed E-state index contributed by atoms with van der Waals surface area (Å²) in [6.45, 7) is 0. The number of aliphatic hydroxyl groups is 2. The molecule has 1 aliphatic rings. The monoisotopic (exact) mass is 314 g/mol. The van der Waals surface area contributed by atoms with Gasteiger partial charge < -0.3 is 10.2 Å². The average Bonchev–Trinajstić information content (AvgIpc) is 2.63. The molecule has 0 bridgehead atoms. The molecule has 0 heterocycles. The lowest BCUT2D eigenvalue weighted by Gasteiger charge is -2.27. The predicted molar refractivity (Wildman–Crippen MR) is 98.2 cm³/mol. The van der Waals surface area contributed by atoms with Gasteiger partial charge >= 0.3 is 0 Å². The first-order valence-corrected chi connectivity index (χ1v) is 8.45. The van der Waals surface area contributed by atoms with E-state index < -0.39 is 12.2 Å². The molecule has 0 fully saturated rings. The van der Waals surface area contributed by atoms with E-state index in [1.54, 1.807) is 0 Å². The van der Waals surface area contributed by atoms with Crippen molar-refractivity contribution in [3.05, 3.63) is 71.8 Å². The summed E-state index contributed by atoms with van der Waals surface area (Å²) in [7, 11) is 0. The summed E-state index contributed by atoms with van der Waals surface area (Å²) in [5.74, 6) is 0. The van der Waals surface area contributed by atoms with Crippen molar-refractivity contribution < 1.29 is 10.2 Å². The fourth-order valence-corrected chi connectivity index (χ4v) is 4.12. The van der Waals surface area contributed by atoms with E-state index >= 15 is 0 Å². The van der Waals surface area contributed by atoms with E-state index in [4.69, 9.17) is 0 Å². The highest BCUT2D eigenvalue weighted by molar-refractivity contribution is 6.12. The molecule has 2 unspecified atom stereocenters. The third-order valence-electron chi connectivity index (χ3n) is 5.40. The van der Waals surface area contributed by atoms with Crippen LogP contribution in [-0.4, -0.2) is 16.3 Å². The summed E-state index contributed by atoms with van der Waals surface area (Å²) < 4.78 is 0. The van der Waals surface area contributed by atoms with Gasteiger partial charge in [0.2, 0.25) is 0 Å². The molecule has 4 aromatic carbocycles. The van der Waals surface area contributed by atoms with Gasteiger partial charge in [-0.05, 0) is 68.4 Å². The van der Waals surface area contributed by atoms with Crippen molar-refractivity contribution in [3.8, 4) is 0 Å². The summed E-state index contributed by atoms with van der Waals surface area (Å²) >= 11 is 0. The van der Waals surface area contributed by atoms with Gasteiger partial charge in [0.1, 0.15) is 6.10 Å². The van der Waals surface area contributed by atoms with Crippen LogP contribution in [0, 0.1) is 0 Å². The van der Waals surface area contributed by atoms with E-state index in [0.29, 0.717) is 6.42 Å². The number of benzene rings is 4. The van der Waals surface area contributed by atoms with Gasteiger partial charge in [-0.15, -0.1) is 0 Å². The molecule has 24 heavy (non-hydrogen) atoms. The highest BCUT2D eigenvalue weighted by atomic mass is 16.3. The molecule has 0 saturated heterocycles. The standard InChI is InChI=1S/C22H18O2/c23-21-10-9-17-18(22(21)24)8-7-15-11-19-14(12-20(15)17)6-5-13-3-1-2-4-16(13)19/h1-8,11-12,21-24H,9-10H2. The minimum Gasteiger partial charge on any atom is -0.390 e. The van der Waals surface area contributed by atoms with Gasteiger partial charge in [-0.2, -0.15) is 0 Å². The molecule has 0 radical (unpaired) electrons. The van der Waals surface area contributed by atoms with Crippen molar-refractivity contribution in [2.75, 3.05) is 0 Å². The zero-order chi connectivity index (χ0) is 16.3. The van der Waals surface area contributed by atoms with E-state index in [9.17, 15) is 10.2 Å². The number of rotatable bonds is 0. The van der Waals surface area contributed by atoms with Crippen molar-refractivity contribution in [1.82, 2.24) is 0 Å². The first kappa shape index (κ1) is 14.0. The van der Waals surface area contributed by atoms with Gasteiger partial charge in [-0.25, -0.2) is 0 Å². The number of aliphatic hydroxyl groups excluding tert-OH is 2. The van der Waals surface area contributed by atoms with Crippen LogP contribution in [0.1, 0.15) is 23.7 Å². The SMILES string of the molecule is OC1CCc2c(ccc3cc4c(ccc5ccccc54)cc23)C1O. The topological polar surface area (TPSA) is 40.5 Å². The third-order valence-corrected chi connectivity index (χ3v) is 5.40. The fraction of sp³-hybridized carbons (Fsp3) is 0.182. The number of fused-ring (bicyclic) bond motifs is 6. The molecule has 2 heteroatoms. The Hall–Kier alpha value is -2.42. The summed E-state index contributed by atoms with van der Waals surface area (Å²) in [6.07, 6.45) is -0.00247. The normalized spacial score (nSPS) is 20.6. The molecule has 0 aliphatic heterocycles. The molecule has 5 rings (SSSR count). The van der Waals surface area contributed by atoms with E-state index in [1.165, 1.54) is 37.9 Å². The molecular weight excluding hydrogens is 296 g/mol. The first-order chi connectivity index (χ1) is 11.7. The maximum absolute atomic E-state index is 10.3. The smallest absolute Gasteiger partial charge is 0.105 e. The van der Waals surface area contributed by atoms with Crippen LogP contribution < -0.4 is 0 Å². The molecule has 1 aliphatic carbocycles. The molecule has 0 spiro atoms. The maximum atomic E-state index is 10.3. The Morgan fingerprint density at radius 2 is 1.42 bits per heavy atom. The molecular formula is C22H18O2. The Balaban J connectivity index is 1.86. The number of hydrogen-bond acceptors (Lipinski definition) is 2. The molecule has 2 N–H and O–H groups in total. The minimum absolute atomic E-state index is 0.614. The number of hydrogen-bond donors (Lipinski definition) is 2. The van der Waals surface area contributed by atoms with Crippen molar-refractivity contribution in [2.45, 2.75) is 25.0 Å². The van der Waals surface area contributed by atoms with Crippen molar-refractivity contribution in [3.63, 3.8) is 0 Å². The first-order valence-electron chi connectivity index (χ1n) is 8.45. The van der Waals surface area contributed by atoms with Gasteiger partial charge in [0, 0.05) is 0 Å². The molecule has 118 valence electrons. The zero-order valence-electron chi connectivity index (χ0n) is 13.2. The Morgan fingerprint density at radius 3 is 2.33 bits per heavy atom. The lowest BCUT2D eigenvalue weighted by Crippen LogP contribution is -2.25. The van der Waals surface area contributed by atoms with Gasteiger partial charge in [-0.3, -0.25) is 0 Å². The predicted octanol–water partition coefficient (Wildman–Crippen LogP) is 4.49. The Kier molecular flexibility index (Phi) is 2.93. The van der Waals surface area contributed by atoms with Crippen molar-refractivity contribution in [1.29, 1.82) is 0 Å². The van der Waals surface area contributed by atoms with Crippen LogP contribution in [0.25, 0.3) is 32.3 Å². The lowest BCUT2D eigenvalue weighted by atomic mass is 9.83. The second-order valence-corrected chi connectivity index (χ2v) is 6.77. The van der Waals surface area contributed by atoms with Crippen LogP contribution in [-0.2, 0) is 6.42 Å². The third kappa shape index (κ3) is 1.90. The maximum Gasteiger partial charge on any atom is 0.105 e. The van der Waals surface area contributed by atoms with E-state index in [2.05, 4.69) is 54.6 Å². The molecule has 0 aromatic heterocycles. The van der Waals surface area contributed by atoms with E-state index in [1.807, 2.05) is 6.07 Å². The Morgan fingerprint density at radius 1 is 0.708 bits per heavy atom. The summed E-state index contributed by atoms with van der Waals surface area (Å²) in [6, 6.07) is 21.3. The number of aryl methyl sites for hydroxylation is 1. The summed E-state index contributed by atoms with van der Waals surface area (Å²) in [5, 5.41) is 27.6. The summed E-state index contributed by atoms with van der Waals surface area (Å²) in [5.41, 5.74) is 2.06. The Bertz CT molecular complexity index is 1100. The van der Waals surface area contributed by atoms with Crippen LogP contribution in [0.4, 0.5) is 0 Å². The van der Waals surface area contributed by atoms with Gasteiger partial charge in [-0.1, -0.05) is 48.5 Å². The molecule has 2 atom stereocenters. The van der Waals surface area contributed by atoms with Crippen LogP contribution in [0.5, 0.6) is 0 Å². The quantitative estimate of drug-likeness (QED) is 0.371. The zero-order valence-corrected chi connectivity index (χ0v) is 13.2. The molecule has 0 saturated carbocycles. The average molecular weight is 314 g/mol. The minimum atomic E-state index is -0.773. The molecule has 0 amide bonds. The summed E-state index contributed by atoms with van der Waals surface area (Å²) in [4.78, 5) is 0. The molecule has 2 nitrogen and oxygen atoms in total. The fourth-order valence-electron chi connectivity index (χ4n) is 4.12.